The Hall–Kier alpha value is -3.53. The normalized spacial score (nSPS) is 13.4. The van der Waals surface area contributed by atoms with Gasteiger partial charge in [-0.3, -0.25) is 9.59 Å². The second-order valence-corrected chi connectivity index (χ2v) is 7.00. The molecule has 2 amide bonds. The van der Waals surface area contributed by atoms with Crippen LogP contribution in [0.4, 0.5) is 20.2 Å². The van der Waals surface area contributed by atoms with Crippen LogP contribution in [0.3, 0.4) is 0 Å². The number of morpholine rings is 1. The van der Waals surface area contributed by atoms with Crippen LogP contribution in [-0.4, -0.2) is 57.7 Å². The fourth-order valence-electron chi connectivity index (χ4n) is 3.21. The van der Waals surface area contributed by atoms with Crippen LogP contribution < -0.4 is 15.5 Å². The number of benzene rings is 2. The van der Waals surface area contributed by atoms with Gasteiger partial charge in [0.05, 0.1) is 37.1 Å². The van der Waals surface area contributed by atoms with Crippen molar-refractivity contribution >= 4 is 29.2 Å². The van der Waals surface area contributed by atoms with E-state index in [1.165, 1.54) is 7.11 Å². The molecule has 2 aromatic rings. The van der Waals surface area contributed by atoms with Gasteiger partial charge in [0.1, 0.15) is 11.6 Å². The molecule has 0 aliphatic carbocycles. The molecular weight excluding hydrogens is 424 g/mol. The summed E-state index contributed by atoms with van der Waals surface area (Å²) in [5, 5.41) is 5.03. The number of anilines is 2. The number of nitrogens with one attached hydrogen (secondary N) is 2. The molecule has 1 aliphatic rings. The summed E-state index contributed by atoms with van der Waals surface area (Å²) >= 11 is 0. The predicted octanol–water partition coefficient (Wildman–Crippen LogP) is 2.35. The van der Waals surface area contributed by atoms with Crippen molar-refractivity contribution in [1.29, 1.82) is 0 Å². The highest BCUT2D eigenvalue weighted by molar-refractivity contribution is 6.02. The fraction of sp³-hybridized carbons (Fsp3) is 0.318. The lowest BCUT2D eigenvalue weighted by Gasteiger charge is -2.29. The third-order valence-corrected chi connectivity index (χ3v) is 4.87. The monoisotopic (exact) mass is 447 g/mol. The Morgan fingerprint density at radius 1 is 1.06 bits per heavy atom. The number of ether oxygens (including phenoxy) is 2. The molecule has 10 heteroatoms. The number of methoxy groups -OCH3 is 1. The summed E-state index contributed by atoms with van der Waals surface area (Å²) in [6.07, 6.45) is -0.125. The number of esters is 1. The Morgan fingerprint density at radius 3 is 2.50 bits per heavy atom. The standard InChI is InChI=1S/C22H23F2N3O5/c1-31-22(30)17-13-15(27-8-10-32-11-9-27)3-5-19(17)26-20(28)6-7-25-21(29)16-4-2-14(23)12-18(16)24/h2-5,12-13H,6-11H2,1H3,(H,25,29)(H,26,28). The van der Waals surface area contributed by atoms with Crippen molar-refractivity contribution in [2.24, 2.45) is 0 Å². The van der Waals surface area contributed by atoms with Gasteiger partial charge in [0.2, 0.25) is 5.91 Å². The van der Waals surface area contributed by atoms with Gasteiger partial charge in [-0.15, -0.1) is 0 Å². The minimum atomic E-state index is -0.991. The van der Waals surface area contributed by atoms with Gasteiger partial charge in [-0.25, -0.2) is 13.6 Å². The van der Waals surface area contributed by atoms with Crippen LogP contribution in [-0.2, 0) is 14.3 Å². The molecule has 0 spiro atoms. The summed E-state index contributed by atoms with van der Waals surface area (Å²) in [4.78, 5) is 38.6. The SMILES string of the molecule is COC(=O)c1cc(N2CCOCC2)ccc1NC(=O)CCNC(=O)c1ccc(F)cc1F. The zero-order valence-corrected chi connectivity index (χ0v) is 17.5. The van der Waals surface area contributed by atoms with Gasteiger partial charge in [-0.1, -0.05) is 0 Å². The van der Waals surface area contributed by atoms with Crippen molar-refractivity contribution in [2.75, 3.05) is 50.2 Å². The highest BCUT2D eigenvalue weighted by atomic mass is 19.1. The van der Waals surface area contributed by atoms with E-state index in [2.05, 4.69) is 15.5 Å². The van der Waals surface area contributed by atoms with E-state index in [9.17, 15) is 23.2 Å². The Bertz CT molecular complexity index is 1010. The summed E-state index contributed by atoms with van der Waals surface area (Å²) in [7, 11) is 1.25. The van der Waals surface area contributed by atoms with Crippen LogP contribution in [0, 0.1) is 11.6 Å². The lowest BCUT2D eigenvalue weighted by Crippen LogP contribution is -2.36. The topological polar surface area (TPSA) is 97.0 Å². The van der Waals surface area contributed by atoms with Gasteiger partial charge in [0, 0.05) is 37.8 Å². The fourth-order valence-corrected chi connectivity index (χ4v) is 3.21. The molecule has 0 atom stereocenters. The Labute approximate surface area is 183 Å². The van der Waals surface area contributed by atoms with E-state index in [0.29, 0.717) is 32.4 Å². The van der Waals surface area contributed by atoms with Crippen LogP contribution in [0.5, 0.6) is 0 Å². The van der Waals surface area contributed by atoms with E-state index in [0.717, 1.165) is 17.8 Å². The van der Waals surface area contributed by atoms with Crippen molar-refractivity contribution in [1.82, 2.24) is 5.32 Å². The molecule has 1 fully saturated rings. The lowest BCUT2D eigenvalue weighted by atomic mass is 10.1. The molecule has 0 unspecified atom stereocenters. The molecule has 1 aliphatic heterocycles. The van der Waals surface area contributed by atoms with Gasteiger partial charge in [-0.2, -0.15) is 0 Å². The van der Waals surface area contributed by atoms with Gasteiger partial charge in [0.25, 0.3) is 5.91 Å². The lowest BCUT2D eigenvalue weighted by molar-refractivity contribution is -0.116. The minimum Gasteiger partial charge on any atom is -0.465 e. The number of carbonyl (C=O) groups excluding carboxylic acids is 3. The molecule has 1 heterocycles. The van der Waals surface area contributed by atoms with Crippen molar-refractivity contribution in [2.45, 2.75) is 6.42 Å². The van der Waals surface area contributed by atoms with Gasteiger partial charge in [-0.05, 0) is 30.3 Å². The van der Waals surface area contributed by atoms with Crippen LogP contribution >= 0.6 is 0 Å². The predicted molar refractivity (Wildman–Crippen MR) is 113 cm³/mol. The Morgan fingerprint density at radius 2 is 1.81 bits per heavy atom. The first-order valence-corrected chi connectivity index (χ1v) is 9.97. The zero-order chi connectivity index (χ0) is 23.1. The molecule has 0 saturated carbocycles. The second-order valence-electron chi connectivity index (χ2n) is 7.00. The summed E-state index contributed by atoms with van der Waals surface area (Å²) in [5.41, 5.74) is 0.954. The maximum atomic E-state index is 13.7. The highest BCUT2D eigenvalue weighted by Gasteiger charge is 2.19. The number of nitrogens with zero attached hydrogens (tertiary/aromatic N) is 1. The number of amides is 2. The van der Waals surface area contributed by atoms with Crippen LogP contribution in [0.15, 0.2) is 36.4 Å². The molecular formula is C22H23F2N3O5. The largest absolute Gasteiger partial charge is 0.465 e. The second kappa shape index (κ2) is 10.7. The van der Waals surface area contributed by atoms with Crippen molar-refractivity contribution < 1.29 is 32.6 Å². The summed E-state index contributed by atoms with van der Waals surface area (Å²) in [6, 6.07) is 7.65. The van der Waals surface area contributed by atoms with E-state index in [4.69, 9.17) is 9.47 Å². The zero-order valence-electron chi connectivity index (χ0n) is 17.5. The number of hydrogen-bond donors (Lipinski definition) is 2. The van der Waals surface area contributed by atoms with Gasteiger partial charge < -0.3 is 25.0 Å². The quantitative estimate of drug-likeness (QED) is 0.633. The summed E-state index contributed by atoms with van der Waals surface area (Å²) in [5.74, 6) is -3.61. The molecule has 32 heavy (non-hydrogen) atoms. The highest BCUT2D eigenvalue weighted by Crippen LogP contribution is 2.25. The first-order valence-electron chi connectivity index (χ1n) is 9.97. The average molecular weight is 447 g/mol. The van der Waals surface area contributed by atoms with Crippen molar-refractivity contribution in [3.63, 3.8) is 0 Å². The molecule has 2 aromatic carbocycles. The number of rotatable bonds is 7. The molecule has 8 nitrogen and oxygen atoms in total. The molecule has 170 valence electrons. The molecule has 0 bridgehead atoms. The van der Waals surface area contributed by atoms with E-state index < -0.39 is 29.4 Å². The van der Waals surface area contributed by atoms with E-state index in [-0.39, 0.29) is 29.8 Å². The minimum absolute atomic E-state index is 0.0824. The van der Waals surface area contributed by atoms with E-state index >= 15 is 0 Å². The smallest absolute Gasteiger partial charge is 0.340 e. The summed E-state index contributed by atoms with van der Waals surface area (Å²) < 4.78 is 36.8. The third kappa shape index (κ3) is 5.79. The third-order valence-electron chi connectivity index (χ3n) is 4.87. The molecule has 2 N–H and O–H groups in total. The van der Waals surface area contributed by atoms with Crippen molar-refractivity contribution in [3.8, 4) is 0 Å². The average Bonchev–Trinajstić information content (AvgIpc) is 2.79. The summed E-state index contributed by atoms with van der Waals surface area (Å²) in [6.45, 7) is 2.45. The molecule has 0 radical (unpaired) electrons. The number of halogens is 2. The van der Waals surface area contributed by atoms with Gasteiger partial charge >= 0.3 is 5.97 Å². The molecule has 3 rings (SSSR count). The number of carbonyl (C=O) groups is 3. The maximum Gasteiger partial charge on any atom is 0.340 e. The van der Waals surface area contributed by atoms with Gasteiger partial charge in [0.15, 0.2) is 0 Å². The van der Waals surface area contributed by atoms with Crippen LogP contribution in [0.25, 0.3) is 0 Å². The van der Waals surface area contributed by atoms with E-state index in [1.807, 2.05) is 0 Å². The van der Waals surface area contributed by atoms with Crippen LogP contribution in [0.1, 0.15) is 27.1 Å². The molecule has 0 aromatic heterocycles. The van der Waals surface area contributed by atoms with E-state index in [1.54, 1.807) is 18.2 Å². The van der Waals surface area contributed by atoms with Crippen LogP contribution in [0.2, 0.25) is 0 Å². The number of hydrogen-bond acceptors (Lipinski definition) is 6. The molecule has 1 saturated heterocycles. The Balaban J connectivity index is 1.61. The first kappa shape index (κ1) is 23.1. The van der Waals surface area contributed by atoms with Crippen molar-refractivity contribution in [3.05, 3.63) is 59.2 Å². The maximum absolute atomic E-state index is 13.7. The first-order chi connectivity index (χ1) is 15.4. The Kier molecular flexibility index (Phi) is 7.72.